The number of para-hydroxylation sites is 2. The van der Waals surface area contributed by atoms with Crippen LogP contribution in [0.15, 0.2) is 36.4 Å². The number of rotatable bonds is 6. The van der Waals surface area contributed by atoms with Crippen LogP contribution in [0.4, 0.5) is 0 Å². The number of phenols is 2. The van der Waals surface area contributed by atoms with Crippen molar-refractivity contribution in [3.8, 4) is 11.5 Å². The van der Waals surface area contributed by atoms with Gasteiger partial charge < -0.3 is 55.1 Å². The second-order valence-electron chi connectivity index (χ2n) is 10.9. The molecule has 0 aliphatic carbocycles. The van der Waals surface area contributed by atoms with Crippen molar-refractivity contribution in [2.24, 2.45) is 0 Å². The zero-order chi connectivity index (χ0) is 31.2. The summed E-state index contributed by atoms with van der Waals surface area (Å²) >= 11 is 0. The van der Waals surface area contributed by atoms with Crippen LogP contribution in [0.25, 0.3) is 43.6 Å². The lowest BCUT2D eigenvalue weighted by Crippen LogP contribution is -2.56. The maximum absolute atomic E-state index is 14.1. The number of aliphatic hydroxyl groups is 6. The molecule has 15 heteroatoms. The van der Waals surface area contributed by atoms with E-state index in [1.807, 2.05) is 0 Å². The summed E-state index contributed by atoms with van der Waals surface area (Å²) in [7, 11) is 0. The molecule has 3 aromatic carbocycles. The monoisotopic (exact) mass is 608 g/mol. The number of aromatic amines is 1. The molecule has 2 aromatic heterocycles. The van der Waals surface area contributed by atoms with Crippen molar-refractivity contribution >= 4 is 55.4 Å². The largest absolute Gasteiger partial charge is 0.506 e. The van der Waals surface area contributed by atoms with Gasteiger partial charge in [0.2, 0.25) is 0 Å². The van der Waals surface area contributed by atoms with Crippen molar-refractivity contribution < 1.29 is 55.2 Å². The van der Waals surface area contributed by atoms with Crippen LogP contribution in [0.3, 0.4) is 0 Å². The fourth-order valence-electron chi connectivity index (χ4n) is 6.47. The van der Waals surface area contributed by atoms with Crippen LogP contribution >= 0.6 is 0 Å². The van der Waals surface area contributed by atoms with Gasteiger partial charge in [-0.2, -0.15) is 0 Å². The number of ether oxygens (including phenoxy) is 1. The molecule has 15 nitrogen and oxygen atoms in total. The molecule has 0 bridgehead atoms. The second kappa shape index (κ2) is 10.1. The Hall–Kier alpha value is -4.32. The van der Waals surface area contributed by atoms with Crippen LogP contribution in [0, 0.1) is 0 Å². The van der Waals surface area contributed by atoms with Gasteiger partial charge in [0.1, 0.15) is 35.9 Å². The Morgan fingerprint density at radius 3 is 2.09 bits per heavy atom. The number of amides is 2. The molecule has 4 heterocycles. The molecule has 0 unspecified atom stereocenters. The molecule has 1 fully saturated rings. The van der Waals surface area contributed by atoms with Crippen LogP contribution in [-0.4, -0.2) is 118 Å². The van der Waals surface area contributed by atoms with Crippen LogP contribution < -0.4 is 5.43 Å². The van der Waals surface area contributed by atoms with E-state index in [-0.39, 0.29) is 60.9 Å². The molecule has 2 amide bonds. The highest BCUT2D eigenvalue weighted by molar-refractivity contribution is 6.39. The van der Waals surface area contributed by atoms with Gasteiger partial charge in [0.05, 0.1) is 59.1 Å². The Morgan fingerprint density at radius 1 is 0.795 bits per heavy atom. The third-order valence-electron chi connectivity index (χ3n) is 8.51. The van der Waals surface area contributed by atoms with E-state index in [0.717, 1.165) is 0 Å². The van der Waals surface area contributed by atoms with Crippen LogP contribution in [0.2, 0.25) is 0 Å². The van der Waals surface area contributed by atoms with Crippen LogP contribution in [0.1, 0.15) is 26.9 Å². The molecule has 44 heavy (non-hydrogen) atoms. The first-order chi connectivity index (χ1) is 21.1. The summed E-state index contributed by atoms with van der Waals surface area (Å²) in [4.78, 5) is 31.2. The first kappa shape index (κ1) is 28.5. The molecule has 5 atom stereocenters. The van der Waals surface area contributed by atoms with Crippen molar-refractivity contribution in [3.05, 3.63) is 47.5 Å². The molecule has 0 saturated carbocycles. The van der Waals surface area contributed by atoms with Crippen molar-refractivity contribution in [2.75, 3.05) is 19.8 Å². The molecule has 7 rings (SSSR count). The van der Waals surface area contributed by atoms with Crippen molar-refractivity contribution in [3.63, 3.8) is 0 Å². The van der Waals surface area contributed by atoms with E-state index in [1.54, 1.807) is 18.2 Å². The predicted octanol–water partition coefficient (Wildman–Crippen LogP) is -0.734. The summed E-state index contributed by atoms with van der Waals surface area (Å²) < 4.78 is 7.24. The summed E-state index contributed by atoms with van der Waals surface area (Å²) in [5.74, 6) is -2.13. The highest BCUT2D eigenvalue weighted by Crippen LogP contribution is 2.49. The minimum absolute atomic E-state index is 0.0414. The molecule has 0 spiro atoms. The van der Waals surface area contributed by atoms with E-state index < -0.39 is 68.3 Å². The van der Waals surface area contributed by atoms with E-state index in [0.29, 0.717) is 10.4 Å². The number of imide groups is 1. The first-order valence-corrected chi connectivity index (χ1v) is 13.8. The fraction of sp³-hybridized carbons (Fsp3) is 0.310. The van der Waals surface area contributed by atoms with Gasteiger partial charge in [-0.15, -0.1) is 0 Å². The molecule has 230 valence electrons. The predicted molar refractivity (Wildman–Crippen MR) is 153 cm³/mol. The average molecular weight is 609 g/mol. The minimum Gasteiger partial charge on any atom is -0.506 e. The van der Waals surface area contributed by atoms with Gasteiger partial charge in [-0.05, 0) is 12.1 Å². The normalized spacial score (nSPS) is 24.2. The van der Waals surface area contributed by atoms with Gasteiger partial charge in [0.25, 0.3) is 11.8 Å². The van der Waals surface area contributed by atoms with Crippen LogP contribution in [0.5, 0.6) is 11.5 Å². The number of hydrazine groups is 1. The Balaban J connectivity index is 1.66. The number of fused-ring (bicyclic) bond motifs is 10. The number of aromatic nitrogens is 2. The Bertz CT molecular complexity index is 2000. The lowest BCUT2D eigenvalue weighted by atomic mass is 9.96. The van der Waals surface area contributed by atoms with Gasteiger partial charge in [-0.1, -0.05) is 24.3 Å². The van der Waals surface area contributed by atoms with Gasteiger partial charge in [0.15, 0.2) is 6.23 Å². The lowest BCUT2D eigenvalue weighted by molar-refractivity contribution is -0.249. The van der Waals surface area contributed by atoms with E-state index in [4.69, 9.17) is 4.74 Å². The highest BCUT2D eigenvalue weighted by atomic mass is 16.6. The molecule has 2 aliphatic heterocycles. The number of aliphatic hydroxyl groups excluding tert-OH is 6. The second-order valence-corrected chi connectivity index (χ2v) is 10.9. The summed E-state index contributed by atoms with van der Waals surface area (Å²) in [6.45, 7) is -1.92. The number of carbonyl (C=O) groups excluding carboxylic acids is 2. The summed E-state index contributed by atoms with van der Waals surface area (Å²) in [6.07, 6.45) is -8.10. The first-order valence-electron chi connectivity index (χ1n) is 13.8. The lowest BCUT2D eigenvalue weighted by Gasteiger charge is -2.41. The number of benzene rings is 3. The summed E-state index contributed by atoms with van der Waals surface area (Å²) in [5.41, 5.74) is 2.99. The van der Waals surface area contributed by atoms with Crippen molar-refractivity contribution in [1.82, 2.24) is 20.0 Å². The zero-order valence-corrected chi connectivity index (χ0v) is 22.7. The standard InChI is InChI=1S/C29H28N4O11/c34-7-10(8-35)31-33-27(42)18-16-11-3-1-5-13(37)20(11)30-21(16)23-17(19(18)28(33)43)12-4-2-6-14(38)22(12)32(23)29-26(41)25(40)24(39)15(9-36)44-29/h1-6,10,15,24-26,29-31,34-41H,7-9H2/t15-,24-,25+,26-,29-/m1/s1. The highest BCUT2D eigenvalue weighted by Gasteiger charge is 2.47. The van der Waals surface area contributed by atoms with E-state index in [9.17, 15) is 50.4 Å². The number of carbonyl (C=O) groups is 2. The summed E-state index contributed by atoms with van der Waals surface area (Å²) in [6, 6.07) is 7.96. The smallest absolute Gasteiger partial charge is 0.276 e. The molecule has 1 saturated heterocycles. The maximum atomic E-state index is 14.1. The number of hydrogen-bond acceptors (Lipinski definition) is 12. The number of nitrogens with one attached hydrogen (secondary N) is 2. The van der Waals surface area contributed by atoms with Gasteiger partial charge in [-0.3, -0.25) is 9.59 Å². The molecule has 5 aromatic rings. The Labute approximate surface area is 246 Å². The third-order valence-corrected chi connectivity index (χ3v) is 8.51. The molecular formula is C29H28N4O11. The van der Waals surface area contributed by atoms with Gasteiger partial charge >= 0.3 is 0 Å². The van der Waals surface area contributed by atoms with Crippen LogP contribution in [-0.2, 0) is 4.74 Å². The van der Waals surface area contributed by atoms with Crippen molar-refractivity contribution in [1.29, 1.82) is 0 Å². The zero-order valence-electron chi connectivity index (χ0n) is 22.7. The number of H-pyrrole nitrogens is 1. The maximum Gasteiger partial charge on any atom is 0.276 e. The quantitative estimate of drug-likeness (QED) is 0.107. The fourth-order valence-corrected chi connectivity index (χ4v) is 6.47. The van der Waals surface area contributed by atoms with E-state index >= 15 is 0 Å². The molecular weight excluding hydrogens is 580 g/mol. The SMILES string of the molecule is O=C1c2c(c3c4cccc(O)c4n([C@@H]4O[C@H](CO)[C@@H](O)[C@H](O)[C@H]4O)c3c3[nH]c4c(O)cccc4c23)C(=O)N1NC(CO)CO. The third kappa shape index (κ3) is 3.66. The van der Waals surface area contributed by atoms with Gasteiger partial charge in [0, 0.05) is 21.5 Å². The van der Waals surface area contributed by atoms with E-state index in [2.05, 4.69) is 10.4 Å². The van der Waals surface area contributed by atoms with E-state index in [1.165, 1.54) is 22.8 Å². The summed E-state index contributed by atoms with van der Waals surface area (Å²) in [5, 5.41) is 85.1. The Morgan fingerprint density at radius 2 is 1.43 bits per heavy atom. The average Bonchev–Trinajstić information content (AvgIpc) is 3.64. The molecule has 2 aliphatic rings. The topological polar surface area (TPSA) is 241 Å². The number of aromatic hydroxyl groups is 2. The molecule has 10 N–H and O–H groups in total. The van der Waals surface area contributed by atoms with Crippen molar-refractivity contribution in [2.45, 2.75) is 36.7 Å². The number of phenolic OH excluding ortho intramolecular Hbond substituents is 2. The number of hydrogen-bond donors (Lipinski definition) is 10. The Kier molecular flexibility index (Phi) is 6.54. The number of nitrogens with zero attached hydrogens (tertiary/aromatic N) is 2. The van der Waals surface area contributed by atoms with Gasteiger partial charge in [-0.25, -0.2) is 10.4 Å². The molecule has 0 radical (unpaired) electrons. The minimum atomic E-state index is -1.79.